The molecule has 0 atom stereocenters. The molecule has 108 valence electrons. The summed E-state index contributed by atoms with van der Waals surface area (Å²) < 4.78 is 58.6. The molecule has 0 spiro atoms. The molecule has 2 aromatic rings. The van der Waals surface area contributed by atoms with Gasteiger partial charge < -0.3 is 9.47 Å². The van der Waals surface area contributed by atoms with Gasteiger partial charge in [-0.25, -0.2) is 17.6 Å². The Labute approximate surface area is 113 Å². The normalized spacial score (nSPS) is 9.50. The summed E-state index contributed by atoms with van der Waals surface area (Å²) in [5.41, 5.74) is 0. The molecule has 0 amide bonds. The highest BCUT2D eigenvalue weighted by atomic mass is 19.1. The van der Waals surface area contributed by atoms with Gasteiger partial charge in [0.15, 0.2) is 17.4 Å². The number of methoxy groups -OCH3 is 2. The van der Waals surface area contributed by atoms with Crippen molar-refractivity contribution in [3.05, 3.63) is 59.7 Å². The van der Waals surface area contributed by atoms with Crippen LogP contribution in [0.25, 0.3) is 0 Å². The second-order valence-corrected chi connectivity index (χ2v) is 3.56. The highest BCUT2D eigenvalue weighted by Crippen LogP contribution is 2.19. The first kappa shape index (κ1) is 15.8. The molecule has 2 rings (SSSR count). The maximum absolute atomic E-state index is 12.5. The summed E-state index contributed by atoms with van der Waals surface area (Å²) in [6.45, 7) is 0. The first-order chi connectivity index (χ1) is 9.47. The predicted molar refractivity (Wildman–Crippen MR) is 65.8 cm³/mol. The van der Waals surface area contributed by atoms with Crippen LogP contribution in [0.15, 0.2) is 36.4 Å². The topological polar surface area (TPSA) is 18.5 Å². The van der Waals surface area contributed by atoms with Crippen molar-refractivity contribution in [3.63, 3.8) is 0 Å². The maximum atomic E-state index is 12.5. The third-order valence-electron chi connectivity index (χ3n) is 2.19. The van der Waals surface area contributed by atoms with Crippen molar-refractivity contribution in [1.82, 2.24) is 0 Å². The van der Waals surface area contributed by atoms with E-state index < -0.39 is 23.3 Å². The van der Waals surface area contributed by atoms with Gasteiger partial charge in [-0.2, -0.15) is 0 Å². The Balaban J connectivity index is 0.000000200. The van der Waals surface area contributed by atoms with Gasteiger partial charge in [-0.15, -0.1) is 0 Å². The van der Waals surface area contributed by atoms with Crippen LogP contribution in [0.5, 0.6) is 11.5 Å². The molecule has 2 nitrogen and oxygen atoms in total. The van der Waals surface area contributed by atoms with E-state index in [4.69, 9.17) is 0 Å². The van der Waals surface area contributed by atoms with Gasteiger partial charge in [0.25, 0.3) is 0 Å². The second-order valence-electron chi connectivity index (χ2n) is 3.56. The van der Waals surface area contributed by atoms with Crippen LogP contribution < -0.4 is 9.47 Å². The highest BCUT2D eigenvalue weighted by molar-refractivity contribution is 5.25. The summed E-state index contributed by atoms with van der Waals surface area (Å²) in [4.78, 5) is 0. The minimum Gasteiger partial charge on any atom is -0.497 e. The fourth-order valence-corrected chi connectivity index (χ4v) is 1.32. The Kier molecular flexibility index (Phi) is 5.83. The zero-order chi connectivity index (χ0) is 15.1. The second kappa shape index (κ2) is 7.37. The van der Waals surface area contributed by atoms with E-state index in [0.29, 0.717) is 0 Å². The smallest absolute Gasteiger partial charge is 0.190 e. The lowest BCUT2D eigenvalue weighted by Gasteiger charge is -2.00. The predicted octanol–water partition coefficient (Wildman–Crippen LogP) is 3.95. The van der Waals surface area contributed by atoms with Gasteiger partial charge in [0, 0.05) is 18.2 Å². The summed E-state index contributed by atoms with van der Waals surface area (Å²) in [5, 5.41) is 0. The van der Waals surface area contributed by atoms with Gasteiger partial charge >= 0.3 is 0 Å². The molecule has 0 saturated heterocycles. The van der Waals surface area contributed by atoms with Crippen LogP contribution in [0.3, 0.4) is 0 Å². The van der Waals surface area contributed by atoms with E-state index in [1.807, 2.05) is 0 Å². The van der Waals surface area contributed by atoms with Crippen molar-refractivity contribution in [3.8, 4) is 11.5 Å². The minimum absolute atomic E-state index is 0.192. The van der Waals surface area contributed by atoms with E-state index in [1.165, 1.54) is 20.3 Å². The Morgan fingerprint density at radius 3 is 1.60 bits per heavy atom. The lowest BCUT2D eigenvalue weighted by atomic mass is 10.3. The molecule has 6 heteroatoms. The van der Waals surface area contributed by atoms with Gasteiger partial charge in [0.05, 0.1) is 14.2 Å². The quantitative estimate of drug-likeness (QED) is 0.779. The number of rotatable bonds is 2. The van der Waals surface area contributed by atoms with Crippen LogP contribution in [-0.2, 0) is 0 Å². The van der Waals surface area contributed by atoms with Crippen LogP contribution in [0.4, 0.5) is 17.6 Å². The van der Waals surface area contributed by atoms with E-state index >= 15 is 0 Å². The van der Waals surface area contributed by atoms with E-state index in [1.54, 1.807) is 0 Å². The van der Waals surface area contributed by atoms with Crippen LogP contribution >= 0.6 is 0 Å². The maximum Gasteiger partial charge on any atom is 0.190 e. The molecule has 0 aromatic heterocycles. The molecule has 0 saturated carbocycles. The van der Waals surface area contributed by atoms with Crippen molar-refractivity contribution in [2.75, 3.05) is 14.2 Å². The Bertz CT molecular complexity index is 533. The molecule has 0 heterocycles. The largest absolute Gasteiger partial charge is 0.497 e. The summed E-state index contributed by atoms with van der Waals surface area (Å²) in [6, 6.07) is 6.59. The van der Waals surface area contributed by atoms with Gasteiger partial charge in [0.2, 0.25) is 0 Å². The number of benzene rings is 2. The lowest BCUT2D eigenvalue weighted by Crippen LogP contribution is -1.90. The molecule has 0 aliphatic carbocycles. The first-order valence-corrected chi connectivity index (χ1v) is 5.46. The number of hydrogen-bond acceptors (Lipinski definition) is 2. The third kappa shape index (κ3) is 4.46. The average Bonchev–Trinajstić information content (AvgIpc) is 2.38. The summed E-state index contributed by atoms with van der Waals surface area (Å²) in [6.07, 6.45) is 0. The number of hydrogen-bond donors (Lipinski definition) is 0. The molecule has 0 bridgehead atoms. The van der Waals surface area contributed by atoms with Crippen LogP contribution in [0.2, 0.25) is 0 Å². The van der Waals surface area contributed by atoms with E-state index in [-0.39, 0.29) is 11.5 Å². The monoisotopic (exact) mass is 288 g/mol. The van der Waals surface area contributed by atoms with Crippen molar-refractivity contribution in [2.45, 2.75) is 0 Å². The molecular formula is C14H12F4O2. The molecule has 0 aliphatic rings. The number of halogens is 4. The molecular weight excluding hydrogens is 276 g/mol. The van der Waals surface area contributed by atoms with Crippen molar-refractivity contribution in [1.29, 1.82) is 0 Å². The van der Waals surface area contributed by atoms with Crippen molar-refractivity contribution >= 4 is 0 Å². The minimum atomic E-state index is -0.678. The van der Waals surface area contributed by atoms with Gasteiger partial charge in [-0.1, -0.05) is 6.07 Å². The molecule has 2 aromatic carbocycles. The summed E-state index contributed by atoms with van der Waals surface area (Å²) in [7, 11) is 2.58. The van der Waals surface area contributed by atoms with Crippen LogP contribution in [0.1, 0.15) is 0 Å². The van der Waals surface area contributed by atoms with Crippen LogP contribution in [-0.4, -0.2) is 14.2 Å². The third-order valence-corrected chi connectivity index (χ3v) is 2.19. The van der Waals surface area contributed by atoms with E-state index in [2.05, 4.69) is 9.47 Å². The van der Waals surface area contributed by atoms with Gasteiger partial charge in [-0.3, -0.25) is 0 Å². The fourth-order valence-electron chi connectivity index (χ4n) is 1.32. The molecule has 0 radical (unpaired) electrons. The molecule has 0 aliphatic heterocycles. The summed E-state index contributed by atoms with van der Waals surface area (Å²) >= 11 is 0. The zero-order valence-corrected chi connectivity index (χ0v) is 10.8. The highest BCUT2D eigenvalue weighted by Gasteiger charge is 2.06. The molecule has 0 fully saturated rings. The molecule has 20 heavy (non-hydrogen) atoms. The van der Waals surface area contributed by atoms with E-state index in [0.717, 1.165) is 30.3 Å². The Morgan fingerprint density at radius 2 is 1.25 bits per heavy atom. The zero-order valence-electron chi connectivity index (χ0n) is 10.8. The Hall–Kier alpha value is -2.24. The molecule has 0 N–H and O–H groups in total. The number of ether oxygens (including phenoxy) is 2. The average molecular weight is 288 g/mol. The van der Waals surface area contributed by atoms with Crippen LogP contribution in [0, 0.1) is 23.3 Å². The SMILES string of the molecule is COc1c(F)cccc1F.COc1cc(F)cc(F)c1. The first-order valence-electron chi connectivity index (χ1n) is 5.46. The number of para-hydroxylation sites is 1. The van der Waals surface area contributed by atoms with Crippen molar-refractivity contribution < 1.29 is 27.0 Å². The molecule has 0 unspecified atom stereocenters. The van der Waals surface area contributed by atoms with E-state index in [9.17, 15) is 17.6 Å². The van der Waals surface area contributed by atoms with Gasteiger partial charge in [-0.05, 0) is 12.1 Å². The van der Waals surface area contributed by atoms with Gasteiger partial charge in [0.1, 0.15) is 17.4 Å². The standard InChI is InChI=1S/2C7H6F2O/c1-10-7-3-5(8)2-6(9)4-7;1-10-7-5(8)3-2-4-6(7)9/h2*2-4H,1H3. The Morgan fingerprint density at radius 1 is 0.750 bits per heavy atom. The summed E-state index contributed by atoms with van der Waals surface area (Å²) in [5.74, 6) is -2.75. The van der Waals surface area contributed by atoms with Crippen molar-refractivity contribution in [2.24, 2.45) is 0 Å². The lowest BCUT2D eigenvalue weighted by molar-refractivity contribution is 0.360. The fraction of sp³-hybridized carbons (Fsp3) is 0.143.